The molecule has 1 aliphatic rings. The number of aliphatic hydroxyl groups excluding tert-OH is 1. The molecule has 1 aromatic rings. The number of carboxylic acid groups (broad SMARTS) is 1. The Balaban J connectivity index is 2.11. The highest BCUT2D eigenvalue weighted by atomic mass is 35.5. The zero-order valence-corrected chi connectivity index (χ0v) is 11.9. The Bertz CT molecular complexity index is 503. The van der Waals surface area contributed by atoms with Crippen LogP contribution in [0.15, 0.2) is 6.20 Å². The molecule has 2 heterocycles. The molecule has 0 aliphatic carbocycles. The molecule has 7 nitrogen and oxygen atoms in total. The first kappa shape index (κ1) is 14.8. The van der Waals surface area contributed by atoms with E-state index in [-0.39, 0.29) is 11.8 Å². The Morgan fingerprint density at radius 2 is 2.20 bits per heavy atom. The molecule has 3 N–H and O–H groups in total. The number of anilines is 1. The van der Waals surface area contributed by atoms with Gasteiger partial charge in [-0.2, -0.15) is 0 Å². The summed E-state index contributed by atoms with van der Waals surface area (Å²) in [6, 6.07) is 0. The summed E-state index contributed by atoms with van der Waals surface area (Å²) in [7, 11) is 0. The molecule has 8 heteroatoms. The fraction of sp³-hybridized carbons (Fsp3) is 0.583. The summed E-state index contributed by atoms with van der Waals surface area (Å²) in [4.78, 5) is 21.0. The van der Waals surface area contributed by atoms with E-state index in [0.29, 0.717) is 37.4 Å². The Labute approximate surface area is 121 Å². The van der Waals surface area contributed by atoms with Crippen LogP contribution in [-0.2, 0) is 6.61 Å². The monoisotopic (exact) mass is 300 g/mol. The van der Waals surface area contributed by atoms with Crippen molar-refractivity contribution in [1.29, 1.82) is 0 Å². The number of aliphatic hydroxyl groups is 1. The number of amides is 1. The molecule has 1 amide bonds. The van der Waals surface area contributed by atoms with Gasteiger partial charge in [0.05, 0.1) is 12.8 Å². The molecule has 1 fully saturated rings. The van der Waals surface area contributed by atoms with Crippen molar-refractivity contribution in [3.05, 3.63) is 17.0 Å². The summed E-state index contributed by atoms with van der Waals surface area (Å²) in [6.45, 7) is 2.92. The molecule has 0 atom stereocenters. The lowest BCUT2D eigenvalue weighted by atomic mass is 9.90. The van der Waals surface area contributed by atoms with Gasteiger partial charge in [-0.25, -0.2) is 9.78 Å². The predicted molar refractivity (Wildman–Crippen MR) is 74.0 cm³/mol. The highest BCUT2D eigenvalue weighted by Gasteiger charge is 2.32. The number of nitrogens with one attached hydrogen (secondary N) is 1. The second-order valence-electron chi connectivity index (χ2n) is 5.10. The molecular formula is C12H17ClN4O3. The van der Waals surface area contributed by atoms with Crippen molar-refractivity contribution < 1.29 is 15.0 Å². The van der Waals surface area contributed by atoms with Gasteiger partial charge in [-0.3, -0.25) is 4.98 Å². The van der Waals surface area contributed by atoms with Crippen LogP contribution in [0.5, 0.6) is 0 Å². The van der Waals surface area contributed by atoms with E-state index in [1.165, 1.54) is 6.20 Å². The van der Waals surface area contributed by atoms with Crippen molar-refractivity contribution in [2.75, 3.05) is 18.0 Å². The van der Waals surface area contributed by atoms with Crippen LogP contribution in [0, 0.1) is 0 Å². The number of hydrogen-bond acceptors (Lipinski definition) is 5. The normalized spacial score (nSPS) is 17.9. The first-order valence-electron chi connectivity index (χ1n) is 6.32. The minimum atomic E-state index is -1.01. The van der Waals surface area contributed by atoms with Gasteiger partial charge in [0.25, 0.3) is 0 Å². The lowest BCUT2D eigenvalue weighted by molar-refractivity contribution is 0.173. The number of nitrogens with zero attached hydrogens (tertiary/aromatic N) is 3. The van der Waals surface area contributed by atoms with Gasteiger partial charge in [0, 0.05) is 18.6 Å². The minimum absolute atomic E-state index is 0.208. The maximum atomic E-state index is 10.8. The Kier molecular flexibility index (Phi) is 4.29. The van der Waals surface area contributed by atoms with E-state index >= 15 is 0 Å². The molecule has 1 aromatic heterocycles. The first-order chi connectivity index (χ1) is 9.43. The first-order valence-corrected chi connectivity index (χ1v) is 6.70. The summed E-state index contributed by atoms with van der Waals surface area (Å²) in [5.41, 5.74) is 0.0393. The largest absolute Gasteiger partial charge is 0.465 e. The van der Waals surface area contributed by atoms with Gasteiger partial charge < -0.3 is 20.4 Å². The summed E-state index contributed by atoms with van der Waals surface area (Å²) in [6.07, 6.45) is 1.69. The summed E-state index contributed by atoms with van der Waals surface area (Å²) < 4.78 is 0. The zero-order chi connectivity index (χ0) is 14.8. The topological polar surface area (TPSA) is 98.6 Å². The van der Waals surface area contributed by atoms with Crippen LogP contribution in [0.4, 0.5) is 10.6 Å². The molecule has 0 unspecified atom stereocenters. The van der Waals surface area contributed by atoms with E-state index in [1.807, 2.05) is 11.8 Å². The van der Waals surface area contributed by atoms with E-state index in [2.05, 4.69) is 15.3 Å². The molecule has 110 valence electrons. The van der Waals surface area contributed by atoms with Crippen molar-refractivity contribution in [3.8, 4) is 0 Å². The smallest absolute Gasteiger partial charge is 0.405 e. The van der Waals surface area contributed by atoms with Crippen LogP contribution in [0.2, 0.25) is 5.15 Å². The van der Waals surface area contributed by atoms with Gasteiger partial charge in [0.15, 0.2) is 5.82 Å². The third kappa shape index (κ3) is 3.29. The lowest BCUT2D eigenvalue weighted by Gasteiger charge is -2.40. The Hall–Kier alpha value is -1.60. The molecule has 0 aromatic carbocycles. The van der Waals surface area contributed by atoms with Crippen molar-refractivity contribution >= 4 is 23.5 Å². The second kappa shape index (κ2) is 5.80. The van der Waals surface area contributed by atoms with Gasteiger partial charge in [0.2, 0.25) is 0 Å². The van der Waals surface area contributed by atoms with Gasteiger partial charge in [-0.15, -0.1) is 0 Å². The van der Waals surface area contributed by atoms with Crippen molar-refractivity contribution in [2.45, 2.75) is 31.9 Å². The highest BCUT2D eigenvalue weighted by molar-refractivity contribution is 6.29. The van der Waals surface area contributed by atoms with Gasteiger partial charge >= 0.3 is 6.09 Å². The quantitative estimate of drug-likeness (QED) is 0.777. The van der Waals surface area contributed by atoms with Gasteiger partial charge in [0.1, 0.15) is 10.8 Å². The van der Waals surface area contributed by atoms with Crippen LogP contribution in [0.25, 0.3) is 0 Å². The van der Waals surface area contributed by atoms with Crippen molar-refractivity contribution in [3.63, 3.8) is 0 Å². The maximum absolute atomic E-state index is 10.8. The van der Waals surface area contributed by atoms with E-state index in [1.54, 1.807) is 0 Å². The Morgan fingerprint density at radius 1 is 1.55 bits per heavy atom. The third-order valence-corrected chi connectivity index (χ3v) is 3.70. The zero-order valence-electron chi connectivity index (χ0n) is 11.1. The fourth-order valence-corrected chi connectivity index (χ4v) is 2.47. The average molecular weight is 301 g/mol. The highest BCUT2D eigenvalue weighted by Crippen LogP contribution is 2.27. The van der Waals surface area contributed by atoms with Crippen LogP contribution in [0.1, 0.15) is 25.5 Å². The molecule has 0 bridgehead atoms. The van der Waals surface area contributed by atoms with Gasteiger partial charge in [-0.05, 0) is 19.8 Å². The van der Waals surface area contributed by atoms with E-state index in [4.69, 9.17) is 16.7 Å². The van der Waals surface area contributed by atoms with Crippen molar-refractivity contribution in [2.24, 2.45) is 0 Å². The van der Waals surface area contributed by atoms with Crippen LogP contribution < -0.4 is 10.2 Å². The fourth-order valence-electron chi connectivity index (χ4n) is 2.34. The van der Waals surface area contributed by atoms with Gasteiger partial charge in [-0.1, -0.05) is 11.6 Å². The van der Waals surface area contributed by atoms with Crippen molar-refractivity contribution in [1.82, 2.24) is 15.3 Å². The number of aromatic nitrogens is 2. The summed E-state index contributed by atoms with van der Waals surface area (Å²) >= 11 is 5.85. The molecule has 2 rings (SSSR count). The van der Waals surface area contributed by atoms with E-state index in [0.717, 1.165) is 0 Å². The summed E-state index contributed by atoms with van der Waals surface area (Å²) in [5.74, 6) is 0.567. The standard InChI is InChI=1S/C12H17ClN4O3/c1-12(16-11(19)20)2-4-17(5-3-12)10-8(7-18)14-6-9(13)15-10/h6,16,18H,2-5,7H2,1H3,(H,19,20). The van der Waals surface area contributed by atoms with E-state index < -0.39 is 11.6 Å². The average Bonchev–Trinajstić information content (AvgIpc) is 2.38. The Morgan fingerprint density at radius 3 is 2.75 bits per heavy atom. The third-order valence-electron chi connectivity index (χ3n) is 3.52. The van der Waals surface area contributed by atoms with Crippen LogP contribution >= 0.6 is 11.6 Å². The number of piperidine rings is 1. The summed E-state index contributed by atoms with van der Waals surface area (Å²) in [5, 5.41) is 21.0. The van der Waals surface area contributed by atoms with Crippen LogP contribution in [-0.4, -0.2) is 44.9 Å². The molecule has 1 saturated heterocycles. The second-order valence-corrected chi connectivity index (χ2v) is 5.49. The molecule has 0 spiro atoms. The SMILES string of the molecule is CC1(NC(=O)O)CCN(c2nc(Cl)cnc2CO)CC1. The number of carbonyl (C=O) groups is 1. The molecule has 20 heavy (non-hydrogen) atoms. The predicted octanol–water partition coefficient (Wildman–Crippen LogP) is 1.25. The molecule has 0 saturated carbocycles. The minimum Gasteiger partial charge on any atom is -0.465 e. The number of rotatable bonds is 3. The molecule has 1 aliphatic heterocycles. The van der Waals surface area contributed by atoms with E-state index in [9.17, 15) is 9.90 Å². The number of halogens is 1. The number of hydrogen-bond donors (Lipinski definition) is 3. The maximum Gasteiger partial charge on any atom is 0.405 e. The molecule has 0 radical (unpaired) electrons. The lowest BCUT2D eigenvalue weighted by Crippen LogP contribution is -2.53. The van der Waals surface area contributed by atoms with Crippen LogP contribution in [0.3, 0.4) is 0 Å². The molecular weight excluding hydrogens is 284 g/mol.